The van der Waals surface area contributed by atoms with Crippen molar-refractivity contribution in [1.82, 2.24) is 5.32 Å². The van der Waals surface area contributed by atoms with Gasteiger partial charge in [-0.2, -0.15) is 0 Å². The van der Waals surface area contributed by atoms with E-state index in [1.54, 1.807) is 0 Å². The highest BCUT2D eigenvalue weighted by molar-refractivity contribution is 5.64. The lowest BCUT2D eigenvalue weighted by molar-refractivity contribution is 0.134. The highest BCUT2D eigenvalue weighted by Gasteiger charge is 1.96. The van der Waals surface area contributed by atoms with Crippen LogP contribution in [0.3, 0.4) is 0 Å². The molecule has 0 aliphatic carbocycles. The average molecular weight is 233 g/mol. The van der Waals surface area contributed by atoms with Crippen molar-refractivity contribution < 1.29 is 4.74 Å². The molecule has 17 heavy (non-hydrogen) atoms. The van der Waals surface area contributed by atoms with Crippen LogP contribution in [0.25, 0.3) is 5.57 Å². The Balaban J connectivity index is 2.05. The number of nitrogens with one attached hydrogen (secondary N) is 1. The van der Waals surface area contributed by atoms with Crippen LogP contribution in [0.1, 0.15) is 25.3 Å². The molecule has 0 fully saturated rings. The zero-order valence-electron chi connectivity index (χ0n) is 10.7. The number of unbranched alkanes of at least 4 members (excludes halogenated alkanes) is 1. The monoisotopic (exact) mass is 233 g/mol. The molecule has 0 aliphatic rings. The van der Waals surface area contributed by atoms with E-state index in [1.165, 1.54) is 12.0 Å². The second kappa shape index (κ2) is 8.97. The van der Waals surface area contributed by atoms with Crippen LogP contribution >= 0.6 is 0 Å². The fraction of sp³-hybridized carbons (Fsp3) is 0.467. The summed E-state index contributed by atoms with van der Waals surface area (Å²) in [5.74, 6) is 0. The average Bonchev–Trinajstić information content (AvgIpc) is 2.38. The fourth-order valence-electron chi connectivity index (χ4n) is 1.51. The Morgan fingerprint density at radius 2 is 2.00 bits per heavy atom. The maximum Gasteiger partial charge on any atom is 0.0591 e. The maximum atomic E-state index is 5.47. The second-order valence-electron chi connectivity index (χ2n) is 4.11. The van der Waals surface area contributed by atoms with Gasteiger partial charge in [-0.3, -0.25) is 0 Å². The number of rotatable bonds is 9. The maximum absolute atomic E-state index is 5.47. The molecule has 0 aromatic heterocycles. The molecule has 1 rings (SSSR count). The van der Waals surface area contributed by atoms with E-state index in [4.69, 9.17) is 4.74 Å². The van der Waals surface area contributed by atoms with Crippen LogP contribution in [0.2, 0.25) is 0 Å². The van der Waals surface area contributed by atoms with Crippen molar-refractivity contribution in [1.29, 1.82) is 0 Å². The molecule has 0 heterocycles. The van der Waals surface area contributed by atoms with Gasteiger partial charge in [0.05, 0.1) is 6.61 Å². The third kappa shape index (κ3) is 6.25. The van der Waals surface area contributed by atoms with Crippen molar-refractivity contribution >= 4 is 5.57 Å². The van der Waals surface area contributed by atoms with Crippen LogP contribution in [-0.4, -0.2) is 26.3 Å². The van der Waals surface area contributed by atoms with E-state index >= 15 is 0 Å². The van der Waals surface area contributed by atoms with E-state index < -0.39 is 0 Å². The van der Waals surface area contributed by atoms with E-state index in [-0.39, 0.29) is 0 Å². The Morgan fingerprint density at radius 3 is 2.71 bits per heavy atom. The summed E-state index contributed by atoms with van der Waals surface area (Å²) < 4.78 is 5.47. The first kappa shape index (κ1) is 13.9. The quantitative estimate of drug-likeness (QED) is 0.662. The molecular formula is C15H23NO. The second-order valence-corrected chi connectivity index (χ2v) is 4.11. The number of hydrogen-bond donors (Lipinski definition) is 1. The summed E-state index contributed by atoms with van der Waals surface area (Å²) in [6, 6.07) is 10.3. The van der Waals surface area contributed by atoms with Gasteiger partial charge in [-0.1, -0.05) is 50.3 Å². The summed E-state index contributed by atoms with van der Waals surface area (Å²) in [5.41, 5.74) is 2.33. The van der Waals surface area contributed by atoms with Crippen molar-refractivity contribution in [3.8, 4) is 0 Å². The van der Waals surface area contributed by atoms with Crippen molar-refractivity contribution in [2.45, 2.75) is 19.8 Å². The molecule has 0 spiro atoms. The van der Waals surface area contributed by atoms with Gasteiger partial charge in [0, 0.05) is 19.7 Å². The molecule has 1 aromatic carbocycles. The van der Waals surface area contributed by atoms with Gasteiger partial charge in [0.25, 0.3) is 0 Å². The summed E-state index contributed by atoms with van der Waals surface area (Å²) in [5, 5.41) is 3.34. The fourth-order valence-corrected chi connectivity index (χ4v) is 1.51. The van der Waals surface area contributed by atoms with Crippen molar-refractivity contribution in [3.05, 3.63) is 42.5 Å². The summed E-state index contributed by atoms with van der Waals surface area (Å²) in [6.45, 7) is 9.60. The predicted molar refractivity (Wildman–Crippen MR) is 74.1 cm³/mol. The first-order valence-corrected chi connectivity index (χ1v) is 6.36. The van der Waals surface area contributed by atoms with Crippen molar-refractivity contribution in [2.75, 3.05) is 26.3 Å². The van der Waals surface area contributed by atoms with Gasteiger partial charge in [0.1, 0.15) is 0 Å². The van der Waals surface area contributed by atoms with E-state index in [1.807, 2.05) is 18.2 Å². The molecule has 0 aliphatic heterocycles. The van der Waals surface area contributed by atoms with Gasteiger partial charge in [0.15, 0.2) is 0 Å². The first-order valence-electron chi connectivity index (χ1n) is 6.36. The first-order chi connectivity index (χ1) is 8.34. The Bertz CT molecular complexity index is 308. The summed E-state index contributed by atoms with van der Waals surface area (Å²) >= 11 is 0. The molecule has 1 aromatic rings. The lowest BCUT2D eigenvalue weighted by Gasteiger charge is -2.08. The SMILES string of the molecule is C=C(CNCCOCCCC)c1ccccc1. The highest BCUT2D eigenvalue weighted by Crippen LogP contribution is 2.09. The van der Waals surface area contributed by atoms with E-state index in [0.29, 0.717) is 0 Å². The smallest absolute Gasteiger partial charge is 0.0591 e. The lowest BCUT2D eigenvalue weighted by Crippen LogP contribution is -2.21. The van der Waals surface area contributed by atoms with Gasteiger partial charge in [0.2, 0.25) is 0 Å². The van der Waals surface area contributed by atoms with Gasteiger partial charge < -0.3 is 10.1 Å². The predicted octanol–water partition coefficient (Wildman–Crippen LogP) is 3.11. The summed E-state index contributed by atoms with van der Waals surface area (Å²) in [6.07, 6.45) is 2.34. The van der Waals surface area contributed by atoms with Crippen LogP contribution in [0.4, 0.5) is 0 Å². The number of hydrogen-bond acceptors (Lipinski definition) is 2. The van der Waals surface area contributed by atoms with E-state index in [0.717, 1.165) is 38.3 Å². The zero-order valence-corrected chi connectivity index (χ0v) is 10.7. The summed E-state index contributed by atoms with van der Waals surface area (Å²) in [4.78, 5) is 0. The standard InChI is InChI=1S/C15H23NO/c1-3-4-11-17-12-10-16-13-14(2)15-8-6-5-7-9-15/h5-9,16H,2-4,10-13H2,1H3. The zero-order chi connectivity index (χ0) is 12.3. The molecule has 1 N–H and O–H groups in total. The Hall–Kier alpha value is -1.12. The molecule has 2 nitrogen and oxygen atoms in total. The summed E-state index contributed by atoms with van der Waals surface area (Å²) in [7, 11) is 0. The molecule has 0 radical (unpaired) electrons. The number of benzene rings is 1. The Kier molecular flexibility index (Phi) is 7.35. The molecule has 0 saturated carbocycles. The van der Waals surface area contributed by atoms with E-state index in [2.05, 4.69) is 31.0 Å². The molecule has 0 saturated heterocycles. The van der Waals surface area contributed by atoms with Gasteiger partial charge in [-0.25, -0.2) is 0 Å². The lowest BCUT2D eigenvalue weighted by atomic mass is 10.1. The third-order valence-corrected chi connectivity index (χ3v) is 2.59. The van der Waals surface area contributed by atoms with Gasteiger partial charge in [-0.05, 0) is 17.6 Å². The molecule has 94 valence electrons. The van der Waals surface area contributed by atoms with E-state index in [9.17, 15) is 0 Å². The molecule has 0 bridgehead atoms. The molecule has 2 heteroatoms. The van der Waals surface area contributed by atoms with Crippen LogP contribution in [0.5, 0.6) is 0 Å². The van der Waals surface area contributed by atoms with Crippen LogP contribution in [0, 0.1) is 0 Å². The van der Waals surface area contributed by atoms with Gasteiger partial charge >= 0.3 is 0 Å². The topological polar surface area (TPSA) is 21.3 Å². The minimum Gasteiger partial charge on any atom is -0.380 e. The number of ether oxygens (including phenoxy) is 1. The van der Waals surface area contributed by atoms with Crippen molar-refractivity contribution in [3.63, 3.8) is 0 Å². The Labute approximate surface area is 105 Å². The Morgan fingerprint density at radius 1 is 1.24 bits per heavy atom. The molecule has 0 unspecified atom stereocenters. The largest absolute Gasteiger partial charge is 0.380 e. The molecule has 0 atom stereocenters. The molecule has 0 amide bonds. The van der Waals surface area contributed by atoms with Crippen LogP contribution < -0.4 is 5.32 Å². The normalized spacial score (nSPS) is 10.4. The third-order valence-electron chi connectivity index (χ3n) is 2.59. The van der Waals surface area contributed by atoms with Crippen LogP contribution in [-0.2, 0) is 4.74 Å². The highest BCUT2D eigenvalue weighted by atomic mass is 16.5. The minimum atomic E-state index is 0.780. The van der Waals surface area contributed by atoms with Gasteiger partial charge in [-0.15, -0.1) is 0 Å². The van der Waals surface area contributed by atoms with Crippen molar-refractivity contribution in [2.24, 2.45) is 0 Å². The molecular weight excluding hydrogens is 210 g/mol. The minimum absolute atomic E-state index is 0.780. The van der Waals surface area contributed by atoms with Crippen LogP contribution in [0.15, 0.2) is 36.9 Å².